The lowest BCUT2D eigenvalue weighted by Crippen LogP contribution is -2.49. The number of hydrogen-bond acceptors (Lipinski definition) is 3. The lowest BCUT2D eigenvalue weighted by atomic mass is 9.95. The van der Waals surface area contributed by atoms with Gasteiger partial charge in [-0.1, -0.05) is 43.0 Å². The molecule has 0 aromatic heterocycles. The molecule has 0 saturated heterocycles. The molecule has 0 rings (SSSR count). The minimum absolute atomic E-state index is 0.120. The summed E-state index contributed by atoms with van der Waals surface area (Å²) in [5.41, 5.74) is -0.120. The monoisotopic (exact) mass is 411 g/mol. The van der Waals surface area contributed by atoms with Crippen LogP contribution in [0.25, 0.3) is 0 Å². The first kappa shape index (κ1) is 26.6. The van der Waals surface area contributed by atoms with E-state index in [4.69, 9.17) is 0 Å². The summed E-state index contributed by atoms with van der Waals surface area (Å²) >= 11 is 0. The second kappa shape index (κ2) is 14.6. The summed E-state index contributed by atoms with van der Waals surface area (Å²) in [5, 5.41) is 0. The van der Waals surface area contributed by atoms with Gasteiger partial charge in [-0.25, -0.2) is 0 Å². The Morgan fingerprint density at radius 3 is 1.10 bits per heavy atom. The molecule has 0 aromatic rings. The Kier molecular flexibility index (Phi) is 12.9. The molecule has 3 amide bonds. The molecule has 0 atom stereocenters. The minimum atomic E-state index is -1.39. The van der Waals surface area contributed by atoms with Crippen molar-refractivity contribution in [2.45, 2.75) is 0 Å². The highest BCUT2D eigenvalue weighted by Gasteiger charge is 2.38. The third kappa shape index (κ3) is 7.54. The van der Waals surface area contributed by atoms with Crippen LogP contribution in [0.4, 0.5) is 0 Å². The molecule has 6 heteroatoms. The van der Waals surface area contributed by atoms with E-state index in [9.17, 15) is 14.4 Å². The Balaban J connectivity index is 6.23. The first-order valence-electron chi connectivity index (χ1n) is 9.55. The summed E-state index contributed by atoms with van der Waals surface area (Å²) in [6, 6.07) is 0. The number of nitrogens with zero attached hydrogens (tertiary/aromatic N) is 3. The van der Waals surface area contributed by atoms with Crippen LogP contribution in [0.15, 0.2) is 88.1 Å². The predicted molar refractivity (Wildman–Crippen MR) is 124 cm³/mol. The van der Waals surface area contributed by atoms with Gasteiger partial charge in [0.05, 0.1) is 0 Å². The Bertz CT molecular complexity index is 642. The molecule has 0 fully saturated rings. The van der Waals surface area contributed by atoms with Crippen LogP contribution >= 0.6 is 0 Å². The molecule has 0 aliphatic heterocycles. The molecule has 0 saturated carbocycles. The Hall–Kier alpha value is -3.41. The van der Waals surface area contributed by atoms with E-state index in [1.807, 2.05) is 0 Å². The van der Waals surface area contributed by atoms with Crippen molar-refractivity contribution in [2.75, 3.05) is 39.3 Å². The molecule has 162 valence electrons. The zero-order valence-electron chi connectivity index (χ0n) is 17.8. The predicted octanol–water partition coefficient (Wildman–Crippen LogP) is 2.76. The van der Waals surface area contributed by atoms with Gasteiger partial charge in [0.25, 0.3) is 5.91 Å². The van der Waals surface area contributed by atoms with Crippen LogP contribution in [0.5, 0.6) is 0 Å². The molecular weight excluding hydrogens is 378 g/mol. The number of carbonyl (C=O) groups is 3. The second-order valence-electron chi connectivity index (χ2n) is 6.39. The van der Waals surface area contributed by atoms with Crippen LogP contribution in [0.1, 0.15) is 0 Å². The number of hydrogen-bond donors (Lipinski definition) is 0. The van der Waals surface area contributed by atoms with Gasteiger partial charge in [-0.2, -0.15) is 0 Å². The maximum absolute atomic E-state index is 13.3. The first-order valence-corrected chi connectivity index (χ1v) is 9.55. The molecule has 0 bridgehead atoms. The third-order valence-electron chi connectivity index (χ3n) is 4.12. The maximum Gasteiger partial charge on any atom is 0.251 e. The maximum atomic E-state index is 13.3. The Labute approximate surface area is 180 Å². The molecule has 0 aliphatic carbocycles. The van der Waals surface area contributed by atoms with E-state index < -0.39 is 23.6 Å². The normalized spacial score (nSPS) is 9.77. The molecule has 30 heavy (non-hydrogen) atoms. The van der Waals surface area contributed by atoms with Crippen molar-refractivity contribution in [2.24, 2.45) is 5.92 Å². The highest BCUT2D eigenvalue weighted by Crippen LogP contribution is 2.20. The van der Waals surface area contributed by atoms with E-state index in [0.717, 1.165) is 0 Å². The van der Waals surface area contributed by atoms with Crippen molar-refractivity contribution in [3.63, 3.8) is 0 Å². The van der Waals surface area contributed by atoms with Crippen molar-refractivity contribution in [3.05, 3.63) is 88.1 Å². The molecule has 0 aromatic carbocycles. The number of rotatable bonds is 16. The van der Waals surface area contributed by atoms with E-state index in [2.05, 4.69) is 46.1 Å². The van der Waals surface area contributed by atoms with Crippen LogP contribution in [0.2, 0.25) is 0 Å². The third-order valence-corrected chi connectivity index (χ3v) is 4.12. The zero-order chi connectivity index (χ0) is 23.1. The van der Waals surface area contributed by atoms with Gasteiger partial charge in [-0.05, 0) is 0 Å². The van der Waals surface area contributed by atoms with E-state index in [1.54, 1.807) is 36.5 Å². The van der Waals surface area contributed by atoms with Gasteiger partial charge in [0.1, 0.15) is 5.92 Å². The minimum Gasteiger partial charge on any atom is -0.334 e. The summed E-state index contributed by atoms with van der Waals surface area (Å²) < 4.78 is 0. The van der Waals surface area contributed by atoms with E-state index >= 15 is 0 Å². The lowest BCUT2D eigenvalue weighted by molar-refractivity contribution is -0.146. The summed E-state index contributed by atoms with van der Waals surface area (Å²) in [6.45, 7) is 27.0. The van der Waals surface area contributed by atoms with E-state index in [-0.39, 0.29) is 44.8 Å². The Morgan fingerprint density at radius 2 is 0.833 bits per heavy atom. The van der Waals surface area contributed by atoms with Gasteiger partial charge in [-0.15, -0.1) is 39.5 Å². The van der Waals surface area contributed by atoms with Crippen LogP contribution in [0.3, 0.4) is 0 Å². The smallest absolute Gasteiger partial charge is 0.251 e. The Morgan fingerprint density at radius 1 is 0.567 bits per heavy atom. The molecule has 0 heterocycles. The van der Waals surface area contributed by atoms with Crippen LogP contribution in [0, 0.1) is 5.92 Å². The van der Waals surface area contributed by atoms with Crippen LogP contribution in [-0.2, 0) is 14.4 Å². The highest BCUT2D eigenvalue weighted by molar-refractivity contribution is 6.11. The average Bonchev–Trinajstić information content (AvgIpc) is 2.72. The van der Waals surface area contributed by atoms with Gasteiger partial charge in [-0.3, -0.25) is 14.4 Å². The first-order chi connectivity index (χ1) is 14.3. The fourth-order valence-electron chi connectivity index (χ4n) is 2.78. The highest BCUT2D eigenvalue weighted by atomic mass is 16.2. The second-order valence-corrected chi connectivity index (χ2v) is 6.39. The van der Waals surface area contributed by atoms with Crippen molar-refractivity contribution >= 4 is 17.7 Å². The largest absolute Gasteiger partial charge is 0.334 e. The van der Waals surface area contributed by atoms with Crippen molar-refractivity contribution in [3.8, 4) is 0 Å². The average molecular weight is 412 g/mol. The van der Waals surface area contributed by atoms with E-state index in [1.165, 1.54) is 14.7 Å². The summed E-state index contributed by atoms with van der Waals surface area (Å²) in [7, 11) is 0. The summed E-state index contributed by atoms with van der Waals surface area (Å²) in [4.78, 5) is 43.9. The molecule has 0 spiro atoms. The number of carbonyl (C=O) groups excluding carboxylic acids is 3. The van der Waals surface area contributed by atoms with Crippen molar-refractivity contribution in [1.82, 2.24) is 14.7 Å². The van der Waals surface area contributed by atoms with Gasteiger partial charge in [0.15, 0.2) is 0 Å². The van der Waals surface area contributed by atoms with Gasteiger partial charge in [0, 0.05) is 44.8 Å². The fourth-order valence-corrected chi connectivity index (χ4v) is 2.78. The van der Waals surface area contributed by atoms with Gasteiger partial charge < -0.3 is 14.7 Å². The number of amides is 3. The van der Waals surface area contributed by atoms with Crippen molar-refractivity contribution < 1.29 is 14.4 Å². The topological polar surface area (TPSA) is 60.9 Å². The standard InChI is InChI=1S/C24H33N3O3/c1-8-14-25(15-9-2)22(28)20(7)21(23(29)26(16-10-3)17-11-4)24(30)27(18-12-5)19-13-6/h8-13,21H,1-7,14-19H2. The molecule has 0 aliphatic rings. The lowest BCUT2D eigenvalue weighted by Gasteiger charge is -2.31. The van der Waals surface area contributed by atoms with Gasteiger partial charge in [0.2, 0.25) is 11.8 Å². The SMILES string of the molecule is C=CCN(CC=C)C(=O)C(=C)C(C(=O)N(CC=C)CC=C)C(=O)N(CC=C)CC=C. The van der Waals surface area contributed by atoms with Gasteiger partial charge >= 0.3 is 0 Å². The molecule has 0 radical (unpaired) electrons. The summed E-state index contributed by atoms with van der Waals surface area (Å²) in [5.74, 6) is -3.01. The zero-order valence-corrected chi connectivity index (χ0v) is 17.8. The molecule has 0 unspecified atom stereocenters. The molecule has 6 nitrogen and oxygen atoms in total. The van der Waals surface area contributed by atoms with Crippen molar-refractivity contribution in [1.29, 1.82) is 0 Å². The quantitative estimate of drug-likeness (QED) is 0.223. The van der Waals surface area contributed by atoms with E-state index in [0.29, 0.717) is 0 Å². The van der Waals surface area contributed by atoms with Crippen LogP contribution < -0.4 is 0 Å². The van der Waals surface area contributed by atoms with Crippen LogP contribution in [-0.4, -0.2) is 71.7 Å². The fraction of sp³-hybridized carbons (Fsp3) is 0.292. The molecule has 0 N–H and O–H groups in total. The summed E-state index contributed by atoms with van der Waals surface area (Å²) in [6.07, 6.45) is 9.27. The molecular formula is C24H33N3O3.